The standard InChI is InChI=1S/C34H51N7O9/c1-4-5-6-7-8-14-27(44)39-23(18-26(35)43)31(47)40-21(12-10-15-38-34(36)37)29(45)30(46)32(48)41-22(16-19(2)3)25-17-20-11-9-13-24(42)28(20)33(49)50-25/h9,11,13,19,21-23,25,29-30,42,45-46H,4-5,8,10,12,14-18H2,1-3H3,(H2,35,43)(H,39,44)(H,40,47)(H,41,48)(H4,36,37,38)/t21-,22-,23+,25-,29-,30-/m0/s1. The molecular weight excluding hydrogens is 650 g/mol. The van der Waals surface area contributed by atoms with E-state index in [4.69, 9.17) is 21.9 Å². The first kappa shape index (κ1) is 41.3. The lowest BCUT2D eigenvalue weighted by molar-refractivity contribution is -0.140. The number of fused-ring (bicyclic) bond motifs is 1. The van der Waals surface area contributed by atoms with Crippen molar-refractivity contribution in [2.75, 3.05) is 6.54 Å². The number of phenols is 1. The maximum Gasteiger partial charge on any atom is 0.342 e. The van der Waals surface area contributed by atoms with Gasteiger partial charge in [0.2, 0.25) is 17.7 Å². The van der Waals surface area contributed by atoms with Gasteiger partial charge in [0.1, 0.15) is 29.6 Å². The lowest BCUT2D eigenvalue weighted by Gasteiger charge is -2.34. The molecule has 0 bridgehead atoms. The number of aromatic hydroxyl groups is 1. The first-order chi connectivity index (χ1) is 23.6. The summed E-state index contributed by atoms with van der Waals surface area (Å²) >= 11 is 0. The summed E-state index contributed by atoms with van der Waals surface area (Å²) in [6, 6.07) is 1.13. The Bertz CT molecular complexity index is 1440. The fraction of sp³-hybridized carbons (Fsp3) is 0.588. The number of carbonyl (C=O) groups is 5. The minimum Gasteiger partial charge on any atom is -0.507 e. The largest absolute Gasteiger partial charge is 0.507 e. The maximum atomic E-state index is 13.4. The van der Waals surface area contributed by atoms with Crippen LogP contribution < -0.4 is 33.2 Å². The predicted octanol–water partition coefficient (Wildman–Crippen LogP) is -0.791. The minimum absolute atomic E-state index is 0.00926. The first-order valence-corrected chi connectivity index (χ1v) is 16.7. The Labute approximate surface area is 292 Å². The van der Waals surface area contributed by atoms with Gasteiger partial charge in [0.05, 0.1) is 18.5 Å². The molecule has 2 rings (SSSR count). The zero-order chi connectivity index (χ0) is 37.4. The monoisotopic (exact) mass is 701 g/mol. The van der Waals surface area contributed by atoms with Crippen molar-refractivity contribution in [3.8, 4) is 17.6 Å². The van der Waals surface area contributed by atoms with Gasteiger partial charge in [0, 0.05) is 32.2 Å². The highest BCUT2D eigenvalue weighted by Gasteiger charge is 2.39. The van der Waals surface area contributed by atoms with E-state index in [1.165, 1.54) is 6.07 Å². The van der Waals surface area contributed by atoms with Crippen molar-refractivity contribution >= 4 is 35.6 Å². The Hall–Kier alpha value is -4.88. The number of hydrogen-bond donors (Lipinski definition) is 9. The fourth-order valence-electron chi connectivity index (χ4n) is 5.41. The van der Waals surface area contributed by atoms with Crippen molar-refractivity contribution in [3.63, 3.8) is 0 Å². The average Bonchev–Trinajstić information content (AvgIpc) is 3.03. The smallest absolute Gasteiger partial charge is 0.342 e. The molecule has 0 saturated heterocycles. The van der Waals surface area contributed by atoms with Gasteiger partial charge >= 0.3 is 5.97 Å². The van der Waals surface area contributed by atoms with Crippen LogP contribution in [-0.4, -0.2) is 93.9 Å². The number of esters is 1. The Kier molecular flexibility index (Phi) is 17.0. The molecule has 1 aliphatic rings. The molecule has 276 valence electrons. The van der Waals surface area contributed by atoms with Gasteiger partial charge in [-0.15, -0.1) is 11.8 Å². The summed E-state index contributed by atoms with van der Waals surface area (Å²) in [7, 11) is 0. The first-order valence-electron chi connectivity index (χ1n) is 16.7. The lowest BCUT2D eigenvalue weighted by atomic mass is 9.90. The number of hydrogen-bond acceptors (Lipinski definition) is 10. The highest BCUT2D eigenvalue weighted by Crippen LogP contribution is 2.30. The van der Waals surface area contributed by atoms with Crippen LogP contribution in [0.15, 0.2) is 23.2 Å². The summed E-state index contributed by atoms with van der Waals surface area (Å²) in [5.41, 5.74) is 16.7. The van der Waals surface area contributed by atoms with Gasteiger partial charge in [0.15, 0.2) is 12.1 Å². The number of benzene rings is 1. The van der Waals surface area contributed by atoms with E-state index >= 15 is 0 Å². The Morgan fingerprint density at radius 1 is 1.04 bits per heavy atom. The summed E-state index contributed by atoms with van der Waals surface area (Å²) in [4.78, 5) is 67.7. The van der Waals surface area contributed by atoms with Crippen LogP contribution >= 0.6 is 0 Å². The normalized spacial score (nSPS) is 16.6. The van der Waals surface area contributed by atoms with E-state index in [1.54, 1.807) is 12.1 Å². The van der Waals surface area contributed by atoms with Crippen LogP contribution in [0.3, 0.4) is 0 Å². The summed E-state index contributed by atoms with van der Waals surface area (Å²) in [6.07, 6.45) is -2.97. The third kappa shape index (κ3) is 13.6. The molecule has 16 heteroatoms. The van der Waals surface area contributed by atoms with Gasteiger partial charge in [0.25, 0.3) is 5.91 Å². The zero-order valence-corrected chi connectivity index (χ0v) is 28.8. The number of nitrogens with zero attached hydrogens (tertiary/aromatic N) is 1. The van der Waals surface area contributed by atoms with Crippen LogP contribution in [0.4, 0.5) is 0 Å². The number of unbranched alkanes of at least 4 members (excludes halogenated alkanes) is 1. The van der Waals surface area contributed by atoms with Gasteiger partial charge < -0.3 is 53.2 Å². The van der Waals surface area contributed by atoms with Crippen LogP contribution in [-0.2, 0) is 30.3 Å². The van der Waals surface area contributed by atoms with Crippen LogP contribution in [0.25, 0.3) is 0 Å². The number of aliphatic hydroxyl groups is 2. The highest BCUT2D eigenvalue weighted by molar-refractivity contribution is 5.95. The summed E-state index contributed by atoms with van der Waals surface area (Å²) in [6.45, 7) is 5.83. The molecule has 6 atom stereocenters. The second-order valence-electron chi connectivity index (χ2n) is 12.6. The van der Waals surface area contributed by atoms with Gasteiger partial charge in [-0.1, -0.05) is 32.9 Å². The molecular formula is C34H51N7O9. The van der Waals surface area contributed by atoms with Crippen molar-refractivity contribution in [1.82, 2.24) is 16.0 Å². The molecule has 16 nitrogen and oxygen atoms in total. The molecule has 1 aromatic carbocycles. The number of cyclic esters (lactones) is 1. The molecule has 50 heavy (non-hydrogen) atoms. The molecule has 0 spiro atoms. The quantitative estimate of drug-likeness (QED) is 0.0283. The van der Waals surface area contributed by atoms with E-state index in [9.17, 15) is 39.3 Å². The molecule has 1 aromatic rings. The van der Waals surface area contributed by atoms with Crippen LogP contribution in [0.2, 0.25) is 0 Å². The number of rotatable bonds is 19. The van der Waals surface area contributed by atoms with Crippen molar-refractivity contribution in [2.45, 2.75) is 115 Å². The van der Waals surface area contributed by atoms with Crippen molar-refractivity contribution in [1.29, 1.82) is 0 Å². The molecule has 4 amide bonds. The molecule has 1 aliphatic heterocycles. The number of primary amides is 1. The number of carbonyl (C=O) groups excluding carboxylic acids is 5. The van der Waals surface area contributed by atoms with E-state index in [1.807, 2.05) is 20.8 Å². The molecule has 0 aromatic heterocycles. The van der Waals surface area contributed by atoms with Crippen molar-refractivity contribution in [2.24, 2.45) is 28.1 Å². The van der Waals surface area contributed by atoms with E-state index in [0.717, 1.165) is 6.42 Å². The van der Waals surface area contributed by atoms with E-state index in [2.05, 4.69) is 32.8 Å². The Balaban J connectivity index is 2.23. The molecule has 12 N–H and O–H groups in total. The lowest BCUT2D eigenvalue weighted by Crippen LogP contribution is -2.59. The molecule has 0 radical (unpaired) electrons. The van der Waals surface area contributed by atoms with Crippen LogP contribution in [0.1, 0.15) is 88.1 Å². The number of nitrogens with two attached hydrogens (primary N) is 3. The van der Waals surface area contributed by atoms with E-state index < -0.39 is 72.5 Å². The van der Waals surface area contributed by atoms with Crippen molar-refractivity contribution < 1.29 is 44.0 Å². The number of ether oxygens (including phenoxy) is 1. The molecule has 1 heterocycles. The summed E-state index contributed by atoms with van der Waals surface area (Å²) in [5, 5.41) is 40.1. The van der Waals surface area contributed by atoms with Gasteiger partial charge in [-0.05, 0) is 43.2 Å². The number of nitrogens with one attached hydrogen (secondary N) is 3. The van der Waals surface area contributed by atoms with E-state index in [-0.39, 0.29) is 61.8 Å². The van der Waals surface area contributed by atoms with Gasteiger partial charge in [-0.3, -0.25) is 24.2 Å². The van der Waals surface area contributed by atoms with E-state index in [0.29, 0.717) is 18.4 Å². The third-order valence-corrected chi connectivity index (χ3v) is 7.85. The second kappa shape index (κ2) is 20.6. The third-order valence-electron chi connectivity index (χ3n) is 7.85. The SMILES string of the molecule is CCCC#CCCC(=O)N[C@H](CC(N)=O)C(=O)N[C@@H](CCCN=C(N)N)[C@H](O)[C@H](O)C(=O)N[C@@H](CC(C)C)[C@@H]1Cc2cccc(O)c2C(=O)O1. The fourth-order valence-corrected chi connectivity index (χ4v) is 5.41. The minimum atomic E-state index is -2.08. The predicted molar refractivity (Wildman–Crippen MR) is 184 cm³/mol. The topological polar surface area (TPSA) is 282 Å². The number of aliphatic imine (C=N–C) groups is 1. The number of phenolic OH excluding ortho intramolecular Hbond substituents is 1. The summed E-state index contributed by atoms with van der Waals surface area (Å²) < 4.78 is 5.59. The van der Waals surface area contributed by atoms with Crippen molar-refractivity contribution in [3.05, 3.63) is 29.3 Å². The van der Waals surface area contributed by atoms with Gasteiger partial charge in [-0.25, -0.2) is 4.79 Å². The number of aliphatic hydroxyl groups excluding tert-OH is 2. The molecule has 0 fully saturated rings. The molecule has 0 saturated carbocycles. The average molecular weight is 702 g/mol. The molecule has 0 unspecified atom stereocenters. The second-order valence-corrected chi connectivity index (χ2v) is 12.6. The number of guanidine groups is 1. The Morgan fingerprint density at radius 2 is 1.74 bits per heavy atom. The van der Waals surface area contributed by atoms with Crippen LogP contribution in [0.5, 0.6) is 5.75 Å². The number of amides is 4. The zero-order valence-electron chi connectivity index (χ0n) is 28.8. The Morgan fingerprint density at radius 3 is 2.38 bits per heavy atom. The molecule has 0 aliphatic carbocycles. The maximum absolute atomic E-state index is 13.4. The van der Waals surface area contributed by atoms with Gasteiger partial charge in [-0.2, -0.15) is 0 Å². The van der Waals surface area contributed by atoms with Crippen LogP contribution in [0, 0.1) is 17.8 Å². The summed E-state index contributed by atoms with van der Waals surface area (Å²) in [5.74, 6) is 1.27. The highest BCUT2D eigenvalue weighted by atomic mass is 16.5.